The van der Waals surface area contributed by atoms with Crippen molar-refractivity contribution in [3.63, 3.8) is 0 Å². The number of para-hydroxylation sites is 1. The molecule has 0 aliphatic carbocycles. The number of aryl methyl sites for hydroxylation is 1. The maximum Gasteiger partial charge on any atom is 0.273 e. The molecular formula is C15H13BrN2O3. The zero-order valence-electron chi connectivity index (χ0n) is 11.2. The second-order valence-corrected chi connectivity index (χ2v) is 5.21. The van der Waals surface area contributed by atoms with Gasteiger partial charge in [-0.05, 0) is 46.6 Å². The van der Waals surface area contributed by atoms with Gasteiger partial charge in [-0.2, -0.15) is 0 Å². The molecule has 0 aromatic heterocycles. The lowest BCUT2D eigenvalue weighted by atomic mass is 10.1. The van der Waals surface area contributed by atoms with Gasteiger partial charge < -0.3 is 5.11 Å². The third-order valence-electron chi connectivity index (χ3n) is 2.89. The third-order valence-corrected chi connectivity index (χ3v) is 3.58. The highest BCUT2D eigenvalue weighted by Crippen LogP contribution is 2.21. The monoisotopic (exact) mass is 348 g/mol. The number of carbonyl (C=O) groups is 2. The Morgan fingerprint density at radius 2 is 1.52 bits per heavy atom. The lowest BCUT2D eigenvalue weighted by Gasteiger charge is -2.10. The van der Waals surface area contributed by atoms with Gasteiger partial charge in [0.15, 0.2) is 0 Å². The third kappa shape index (κ3) is 3.41. The average Bonchev–Trinajstić information content (AvgIpc) is 2.47. The molecule has 3 N–H and O–H groups in total. The maximum absolute atomic E-state index is 11.9. The molecule has 0 heterocycles. The summed E-state index contributed by atoms with van der Waals surface area (Å²) in [5.74, 6) is -1.15. The summed E-state index contributed by atoms with van der Waals surface area (Å²) < 4.78 is 0.621. The van der Waals surface area contributed by atoms with E-state index in [4.69, 9.17) is 0 Å². The molecule has 2 aromatic carbocycles. The molecule has 5 nitrogen and oxygen atoms in total. The molecule has 0 spiro atoms. The maximum atomic E-state index is 11.9. The van der Waals surface area contributed by atoms with Gasteiger partial charge in [-0.15, -0.1) is 0 Å². The largest absolute Gasteiger partial charge is 0.507 e. The summed E-state index contributed by atoms with van der Waals surface area (Å²) in [5, 5.41) is 9.81. The highest BCUT2D eigenvalue weighted by Gasteiger charge is 2.14. The lowest BCUT2D eigenvalue weighted by molar-refractivity contribution is 0.0844. The van der Waals surface area contributed by atoms with E-state index < -0.39 is 11.8 Å². The minimum atomic E-state index is -0.586. The van der Waals surface area contributed by atoms with E-state index >= 15 is 0 Å². The van der Waals surface area contributed by atoms with Gasteiger partial charge in [-0.1, -0.05) is 24.3 Å². The van der Waals surface area contributed by atoms with Crippen molar-refractivity contribution in [2.24, 2.45) is 0 Å². The number of aromatic hydroxyl groups is 1. The van der Waals surface area contributed by atoms with E-state index in [1.807, 2.05) is 0 Å². The summed E-state index contributed by atoms with van der Waals surface area (Å²) in [5.41, 5.74) is 5.66. The average molecular weight is 349 g/mol. The Morgan fingerprint density at radius 3 is 2.19 bits per heavy atom. The first kappa shape index (κ1) is 15.1. The molecule has 0 aliphatic heterocycles. The summed E-state index contributed by atoms with van der Waals surface area (Å²) >= 11 is 3.26. The standard InChI is InChI=1S/C15H13BrN2O3/c1-9-5-4-7-11(13(9)19)15(21)18-17-14(20)10-6-2-3-8-12(10)16/h2-8,19H,1H3,(H,17,20)(H,18,21). The number of hydrogen-bond acceptors (Lipinski definition) is 3. The van der Waals surface area contributed by atoms with Gasteiger partial charge in [0, 0.05) is 4.47 Å². The van der Waals surface area contributed by atoms with Gasteiger partial charge in [0.2, 0.25) is 0 Å². The Kier molecular flexibility index (Phi) is 4.59. The SMILES string of the molecule is Cc1cccc(C(=O)NNC(=O)c2ccccc2Br)c1O. The Labute approximate surface area is 130 Å². The van der Waals surface area contributed by atoms with Crippen molar-refractivity contribution in [2.75, 3.05) is 0 Å². The minimum Gasteiger partial charge on any atom is -0.507 e. The number of phenolic OH excluding ortho intramolecular Hbond substituents is 1. The number of amides is 2. The molecule has 108 valence electrons. The van der Waals surface area contributed by atoms with Crippen LogP contribution in [0.25, 0.3) is 0 Å². The molecule has 6 heteroatoms. The molecule has 2 aromatic rings. The zero-order chi connectivity index (χ0) is 15.4. The van der Waals surface area contributed by atoms with Crippen LogP contribution in [0.2, 0.25) is 0 Å². The Bertz CT molecular complexity index is 701. The number of hydrogen-bond donors (Lipinski definition) is 3. The molecule has 0 fully saturated rings. The molecule has 21 heavy (non-hydrogen) atoms. The van der Waals surface area contributed by atoms with Crippen LogP contribution in [0.1, 0.15) is 26.3 Å². The van der Waals surface area contributed by atoms with Crippen molar-refractivity contribution >= 4 is 27.7 Å². The van der Waals surface area contributed by atoms with Crippen LogP contribution in [0.4, 0.5) is 0 Å². The summed E-state index contributed by atoms with van der Waals surface area (Å²) in [7, 11) is 0. The molecule has 0 bridgehead atoms. The second-order valence-electron chi connectivity index (χ2n) is 4.36. The van der Waals surface area contributed by atoms with Crippen LogP contribution in [-0.4, -0.2) is 16.9 Å². The van der Waals surface area contributed by atoms with Crippen molar-refractivity contribution in [1.29, 1.82) is 0 Å². The summed E-state index contributed by atoms with van der Waals surface area (Å²) in [6.45, 7) is 1.69. The Morgan fingerprint density at radius 1 is 0.952 bits per heavy atom. The molecule has 0 radical (unpaired) electrons. The molecular weight excluding hydrogens is 336 g/mol. The lowest BCUT2D eigenvalue weighted by Crippen LogP contribution is -2.41. The van der Waals surface area contributed by atoms with Gasteiger partial charge in [-0.3, -0.25) is 20.4 Å². The molecule has 0 saturated heterocycles. The number of rotatable bonds is 2. The minimum absolute atomic E-state index is 0.0995. The topological polar surface area (TPSA) is 78.4 Å². The number of benzene rings is 2. The van der Waals surface area contributed by atoms with Crippen LogP contribution in [-0.2, 0) is 0 Å². The number of nitrogens with one attached hydrogen (secondary N) is 2. The van der Waals surface area contributed by atoms with Gasteiger partial charge >= 0.3 is 0 Å². The van der Waals surface area contributed by atoms with E-state index in [1.165, 1.54) is 6.07 Å². The fraction of sp³-hybridized carbons (Fsp3) is 0.0667. The van der Waals surface area contributed by atoms with E-state index in [2.05, 4.69) is 26.8 Å². The number of halogens is 1. The highest BCUT2D eigenvalue weighted by molar-refractivity contribution is 9.10. The second kappa shape index (κ2) is 6.41. The van der Waals surface area contributed by atoms with Crippen molar-refractivity contribution < 1.29 is 14.7 Å². The van der Waals surface area contributed by atoms with Crippen LogP contribution in [0, 0.1) is 6.92 Å². The number of phenols is 1. The molecule has 0 unspecified atom stereocenters. The zero-order valence-corrected chi connectivity index (χ0v) is 12.8. The summed E-state index contributed by atoms with van der Waals surface area (Å²) in [4.78, 5) is 23.9. The van der Waals surface area contributed by atoms with Crippen LogP contribution >= 0.6 is 15.9 Å². The fourth-order valence-corrected chi connectivity index (χ4v) is 2.20. The van der Waals surface area contributed by atoms with E-state index in [9.17, 15) is 14.7 Å². The first-order valence-corrected chi connectivity index (χ1v) is 6.94. The smallest absolute Gasteiger partial charge is 0.273 e. The van der Waals surface area contributed by atoms with Crippen molar-refractivity contribution in [2.45, 2.75) is 6.92 Å². The van der Waals surface area contributed by atoms with E-state index in [-0.39, 0.29) is 11.3 Å². The molecule has 0 saturated carbocycles. The van der Waals surface area contributed by atoms with E-state index in [0.29, 0.717) is 15.6 Å². The predicted octanol–water partition coefficient (Wildman–Crippen LogP) is 2.54. The van der Waals surface area contributed by atoms with Crippen LogP contribution in [0.3, 0.4) is 0 Å². The number of carbonyl (C=O) groups excluding carboxylic acids is 2. The first-order valence-electron chi connectivity index (χ1n) is 6.14. The summed E-state index contributed by atoms with van der Waals surface area (Å²) in [6.07, 6.45) is 0. The van der Waals surface area contributed by atoms with Gasteiger partial charge in [0.25, 0.3) is 11.8 Å². The molecule has 0 atom stereocenters. The van der Waals surface area contributed by atoms with Crippen LogP contribution in [0.5, 0.6) is 5.75 Å². The first-order chi connectivity index (χ1) is 10.0. The molecule has 0 aliphatic rings. The normalized spacial score (nSPS) is 10.0. The molecule has 2 rings (SSSR count). The quantitative estimate of drug-likeness (QED) is 0.729. The predicted molar refractivity (Wildman–Crippen MR) is 81.9 cm³/mol. The highest BCUT2D eigenvalue weighted by atomic mass is 79.9. The van der Waals surface area contributed by atoms with Crippen molar-refractivity contribution in [3.05, 3.63) is 63.6 Å². The van der Waals surface area contributed by atoms with Crippen molar-refractivity contribution in [3.8, 4) is 5.75 Å². The fourth-order valence-electron chi connectivity index (χ4n) is 1.74. The van der Waals surface area contributed by atoms with Crippen molar-refractivity contribution in [1.82, 2.24) is 10.9 Å². The van der Waals surface area contributed by atoms with Crippen LogP contribution in [0.15, 0.2) is 46.9 Å². The van der Waals surface area contributed by atoms with Gasteiger partial charge in [0.05, 0.1) is 11.1 Å². The molecule has 2 amide bonds. The van der Waals surface area contributed by atoms with Crippen LogP contribution < -0.4 is 10.9 Å². The summed E-state index contributed by atoms with van der Waals surface area (Å²) in [6, 6.07) is 11.7. The van der Waals surface area contributed by atoms with Gasteiger partial charge in [0.1, 0.15) is 5.75 Å². The number of hydrazine groups is 1. The Hall–Kier alpha value is -2.34. The Balaban J connectivity index is 2.06. The van der Waals surface area contributed by atoms with E-state index in [0.717, 1.165) is 0 Å². The van der Waals surface area contributed by atoms with E-state index in [1.54, 1.807) is 43.3 Å². The van der Waals surface area contributed by atoms with Gasteiger partial charge in [-0.25, -0.2) is 0 Å².